The fourth-order valence-corrected chi connectivity index (χ4v) is 2.60. The van der Waals surface area contributed by atoms with Gasteiger partial charge in [0, 0.05) is 0 Å². The molecule has 3 nitrogen and oxygen atoms in total. The number of benzene rings is 2. The van der Waals surface area contributed by atoms with E-state index < -0.39 is 0 Å². The van der Waals surface area contributed by atoms with Crippen LogP contribution in [0.25, 0.3) is 0 Å². The van der Waals surface area contributed by atoms with Gasteiger partial charge in [0.2, 0.25) is 0 Å². The molecular weight excluding hydrogens is 248 g/mol. The number of hydrogen-bond acceptors (Lipinski definition) is 3. The molecule has 0 aliphatic heterocycles. The highest BCUT2D eigenvalue weighted by Gasteiger charge is 2.17. The summed E-state index contributed by atoms with van der Waals surface area (Å²) in [6, 6.07) is 12.5. The van der Waals surface area contributed by atoms with E-state index in [9.17, 15) is 0 Å². The third-order valence-electron chi connectivity index (χ3n) is 3.76. The van der Waals surface area contributed by atoms with Gasteiger partial charge in [-0.25, -0.2) is 5.43 Å². The number of aryl methyl sites for hydroxylation is 3. The number of methoxy groups -OCH3 is 1. The number of rotatable bonds is 4. The third-order valence-corrected chi connectivity index (χ3v) is 3.76. The number of hydrazine groups is 1. The van der Waals surface area contributed by atoms with Crippen LogP contribution < -0.4 is 16.0 Å². The molecule has 0 aromatic heterocycles. The Hall–Kier alpha value is -1.84. The van der Waals surface area contributed by atoms with Crippen LogP contribution in [0, 0.1) is 20.8 Å². The number of ether oxygens (including phenoxy) is 1. The van der Waals surface area contributed by atoms with Gasteiger partial charge >= 0.3 is 0 Å². The van der Waals surface area contributed by atoms with E-state index in [1.807, 2.05) is 19.1 Å². The third kappa shape index (κ3) is 2.69. The van der Waals surface area contributed by atoms with Gasteiger partial charge in [-0.05, 0) is 54.7 Å². The Morgan fingerprint density at radius 3 is 2.25 bits per heavy atom. The second-order valence-corrected chi connectivity index (χ2v) is 5.13. The Kier molecular flexibility index (Phi) is 4.42. The Balaban J connectivity index is 2.53. The maximum absolute atomic E-state index is 5.81. The fraction of sp³-hybridized carbons (Fsp3) is 0.294. The van der Waals surface area contributed by atoms with Gasteiger partial charge in [0.25, 0.3) is 0 Å². The maximum atomic E-state index is 5.81. The zero-order chi connectivity index (χ0) is 14.7. The predicted molar refractivity (Wildman–Crippen MR) is 82.8 cm³/mol. The van der Waals surface area contributed by atoms with Gasteiger partial charge in [-0.1, -0.05) is 30.3 Å². The van der Waals surface area contributed by atoms with Gasteiger partial charge in [-0.15, -0.1) is 0 Å². The lowest BCUT2D eigenvalue weighted by molar-refractivity contribution is 0.411. The lowest BCUT2D eigenvalue weighted by Gasteiger charge is -2.22. The van der Waals surface area contributed by atoms with Crippen molar-refractivity contribution in [3.05, 3.63) is 64.2 Å². The highest BCUT2D eigenvalue weighted by atomic mass is 16.5. The Labute approximate surface area is 120 Å². The summed E-state index contributed by atoms with van der Waals surface area (Å²) in [6.45, 7) is 6.23. The summed E-state index contributed by atoms with van der Waals surface area (Å²) in [5, 5.41) is 0. The van der Waals surface area contributed by atoms with Crippen molar-refractivity contribution in [1.82, 2.24) is 5.43 Å². The van der Waals surface area contributed by atoms with Gasteiger partial charge in [0.1, 0.15) is 5.75 Å². The van der Waals surface area contributed by atoms with Gasteiger partial charge in [-0.3, -0.25) is 5.84 Å². The highest BCUT2D eigenvalue weighted by molar-refractivity contribution is 5.46. The van der Waals surface area contributed by atoms with E-state index in [4.69, 9.17) is 10.6 Å². The molecule has 0 aliphatic carbocycles. The van der Waals surface area contributed by atoms with Crippen LogP contribution in [-0.2, 0) is 0 Å². The van der Waals surface area contributed by atoms with Crippen LogP contribution in [0.1, 0.15) is 33.9 Å². The lowest BCUT2D eigenvalue weighted by atomic mass is 9.91. The first-order chi connectivity index (χ1) is 9.58. The standard InChI is InChI=1S/C17H22N2O/c1-11-7-5-6-8-14(11)17(19-18)15-9-13(3)16(20-4)10-12(15)2/h5-10,17,19H,18H2,1-4H3. The van der Waals surface area contributed by atoms with Crippen molar-refractivity contribution in [3.8, 4) is 5.75 Å². The van der Waals surface area contributed by atoms with Crippen molar-refractivity contribution in [2.24, 2.45) is 5.84 Å². The molecule has 0 heterocycles. The predicted octanol–water partition coefficient (Wildman–Crippen LogP) is 3.17. The summed E-state index contributed by atoms with van der Waals surface area (Å²) in [7, 11) is 1.70. The molecule has 0 saturated carbocycles. The van der Waals surface area contributed by atoms with Crippen LogP contribution in [0.4, 0.5) is 0 Å². The molecule has 0 spiro atoms. The van der Waals surface area contributed by atoms with Gasteiger partial charge in [0.05, 0.1) is 13.2 Å². The first kappa shape index (κ1) is 14.6. The van der Waals surface area contributed by atoms with E-state index in [2.05, 4.69) is 43.5 Å². The average Bonchev–Trinajstić information content (AvgIpc) is 2.45. The molecular formula is C17H22N2O. The second kappa shape index (κ2) is 6.07. The Morgan fingerprint density at radius 2 is 1.65 bits per heavy atom. The van der Waals surface area contributed by atoms with Crippen LogP contribution in [0.2, 0.25) is 0 Å². The monoisotopic (exact) mass is 270 g/mol. The Bertz CT molecular complexity index is 608. The fourth-order valence-electron chi connectivity index (χ4n) is 2.60. The first-order valence-corrected chi connectivity index (χ1v) is 6.75. The zero-order valence-electron chi connectivity index (χ0n) is 12.5. The summed E-state index contributed by atoms with van der Waals surface area (Å²) in [6.07, 6.45) is 0. The molecule has 1 unspecified atom stereocenters. The van der Waals surface area contributed by atoms with E-state index in [1.165, 1.54) is 22.3 Å². The van der Waals surface area contributed by atoms with Crippen molar-refractivity contribution in [1.29, 1.82) is 0 Å². The average molecular weight is 270 g/mol. The van der Waals surface area contributed by atoms with Gasteiger partial charge in [-0.2, -0.15) is 0 Å². The summed E-state index contributed by atoms with van der Waals surface area (Å²) < 4.78 is 5.37. The van der Waals surface area contributed by atoms with E-state index in [0.717, 1.165) is 11.3 Å². The van der Waals surface area contributed by atoms with Crippen LogP contribution in [0.15, 0.2) is 36.4 Å². The number of hydrogen-bond donors (Lipinski definition) is 2. The number of nitrogens with two attached hydrogens (primary N) is 1. The molecule has 0 bridgehead atoms. The van der Waals surface area contributed by atoms with Crippen molar-refractivity contribution in [3.63, 3.8) is 0 Å². The van der Waals surface area contributed by atoms with Crippen LogP contribution >= 0.6 is 0 Å². The first-order valence-electron chi connectivity index (χ1n) is 6.75. The summed E-state index contributed by atoms with van der Waals surface area (Å²) in [5.41, 5.74) is 8.82. The summed E-state index contributed by atoms with van der Waals surface area (Å²) in [5.74, 6) is 6.72. The topological polar surface area (TPSA) is 47.3 Å². The van der Waals surface area contributed by atoms with Crippen LogP contribution in [0.3, 0.4) is 0 Å². The minimum absolute atomic E-state index is 0.0131. The highest BCUT2D eigenvalue weighted by Crippen LogP contribution is 2.31. The van der Waals surface area contributed by atoms with E-state index in [1.54, 1.807) is 7.11 Å². The zero-order valence-corrected chi connectivity index (χ0v) is 12.5. The lowest BCUT2D eigenvalue weighted by Crippen LogP contribution is -2.30. The minimum atomic E-state index is -0.0131. The quantitative estimate of drug-likeness (QED) is 0.662. The molecule has 0 saturated heterocycles. The smallest absolute Gasteiger partial charge is 0.122 e. The summed E-state index contributed by atoms with van der Waals surface area (Å²) >= 11 is 0. The molecule has 3 heteroatoms. The molecule has 2 rings (SSSR count). The molecule has 0 radical (unpaired) electrons. The normalized spacial score (nSPS) is 12.2. The molecule has 0 amide bonds. The van der Waals surface area contributed by atoms with Crippen molar-refractivity contribution in [2.75, 3.05) is 7.11 Å². The van der Waals surface area contributed by atoms with Crippen molar-refractivity contribution >= 4 is 0 Å². The second-order valence-electron chi connectivity index (χ2n) is 5.13. The molecule has 0 aliphatic rings. The van der Waals surface area contributed by atoms with E-state index in [0.29, 0.717) is 0 Å². The summed E-state index contributed by atoms with van der Waals surface area (Å²) in [4.78, 5) is 0. The molecule has 1 atom stereocenters. The molecule has 2 aromatic carbocycles. The largest absolute Gasteiger partial charge is 0.496 e. The van der Waals surface area contributed by atoms with Crippen molar-refractivity contribution < 1.29 is 4.74 Å². The van der Waals surface area contributed by atoms with Crippen LogP contribution in [0.5, 0.6) is 5.75 Å². The maximum Gasteiger partial charge on any atom is 0.122 e. The number of nitrogens with one attached hydrogen (secondary N) is 1. The van der Waals surface area contributed by atoms with Crippen LogP contribution in [-0.4, -0.2) is 7.11 Å². The SMILES string of the molecule is COc1cc(C)c(C(NN)c2ccccc2C)cc1C. The molecule has 20 heavy (non-hydrogen) atoms. The van der Waals surface area contributed by atoms with E-state index in [-0.39, 0.29) is 6.04 Å². The minimum Gasteiger partial charge on any atom is -0.496 e. The van der Waals surface area contributed by atoms with Gasteiger partial charge < -0.3 is 4.74 Å². The molecule has 106 valence electrons. The molecule has 0 fully saturated rings. The van der Waals surface area contributed by atoms with E-state index >= 15 is 0 Å². The van der Waals surface area contributed by atoms with Gasteiger partial charge in [0.15, 0.2) is 0 Å². The molecule has 2 aromatic rings. The Morgan fingerprint density at radius 1 is 0.950 bits per heavy atom. The van der Waals surface area contributed by atoms with Crippen molar-refractivity contribution in [2.45, 2.75) is 26.8 Å². The molecule has 3 N–H and O–H groups in total.